The first kappa shape index (κ1) is 13.0. The number of nitrogens with two attached hydrogens (primary N) is 1. The molecule has 0 saturated heterocycles. The van der Waals surface area contributed by atoms with Crippen molar-refractivity contribution in [3.63, 3.8) is 0 Å². The number of hydrogen-bond donors (Lipinski definition) is 1. The fourth-order valence-corrected chi connectivity index (χ4v) is 1.99. The number of rotatable bonds is 4. The molecule has 3 heteroatoms. The molecule has 0 amide bonds. The molecule has 0 bridgehead atoms. The summed E-state index contributed by atoms with van der Waals surface area (Å²) < 4.78 is 18.6. The van der Waals surface area contributed by atoms with E-state index in [9.17, 15) is 4.39 Å². The molecule has 2 nitrogen and oxygen atoms in total. The minimum atomic E-state index is -0.267. The standard InChI is InChI=1S/C13H20FNO/c1-8(2)13-10(5-9(3)15)6-11(14)7-12(13)16-4/h6-9H,5,15H2,1-4H3. The van der Waals surface area contributed by atoms with E-state index in [2.05, 4.69) is 13.8 Å². The highest BCUT2D eigenvalue weighted by atomic mass is 19.1. The van der Waals surface area contributed by atoms with Crippen LogP contribution >= 0.6 is 0 Å². The molecule has 1 atom stereocenters. The molecule has 0 aromatic heterocycles. The summed E-state index contributed by atoms with van der Waals surface area (Å²) in [5.74, 6) is 0.645. The van der Waals surface area contributed by atoms with E-state index in [0.29, 0.717) is 18.1 Å². The zero-order valence-corrected chi connectivity index (χ0v) is 10.4. The van der Waals surface area contributed by atoms with Crippen LogP contribution in [0.4, 0.5) is 4.39 Å². The summed E-state index contributed by atoms with van der Waals surface area (Å²) in [7, 11) is 1.57. The van der Waals surface area contributed by atoms with Crippen molar-refractivity contribution in [3.8, 4) is 5.75 Å². The normalized spacial score (nSPS) is 12.9. The number of ether oxygens (including phenoxy) is 1. The fraction of sp³-hybridized carbons (Fsp3) is 0.538. The van der Waals surface area contributed by atoms with Crippen molar-refractivity contribution < 1.29 is 9.13 Å². The van der Waals surface area contributed by atoms with Crippen molar-refractivity contribution in [2.24, 2.45) is 5.73 Å². The van der Waals surface area contributed by atoms with E-state index < -0.39 is 0 Å². The maximum Gasteiger partial charge on any atom is 0.127 e. The first-order valence-electron chi connectivity index (χ1n) is 5.57. The third-order valence-electron chi connectivity index (χ3n) is 2.53. The SMILES string of the molecule is COc1cc(F)cc(CC(C)N)c1C(C)C. The van der Waals surface area contributed by atoms with Gasteiger partial charge < -0.3 is 10.5 Å². The van der Waals surface area contributed by atoms with E-state index in [0.717, 1.165) is 11.1 Å². The monoisotopic (exact) mass is 225 g/mol. The van der Waals surface area contributed by atoms with Crippen LogP contribution in [-0.2, 0) is 6.42 Å². The third-order valence-corrected chi connectivity index (χ3v) is 2.53. The summed E-state index contributed by atoms with van der Waals surface area (Å²) in [6.45, 7) is 6.06. The summed E-state index contributed by atoms with van der Waals surface area (Å²) in [5, 5.41) is 0. The van der Waals surface area contributed by atoms with E-state index in [1.54, 1.807) is 13.2 Å². The molecule has 90 valence electrons. The average molecular weight is 225 g/mol. The van der Waals surface area contributed by atoms with Gasteiger partial charge in [-0.1, -0.05) is 13.8 Å². The Morgan fingerprint density at radius 3 is 2.38 bits per heavy atom. The van der Waals surface area contributed by atoms with Gasteiger partial charge in [0.05, 0.1) is 7.11 Å². The van der Waals surface area contributed by atoms with Gasteiger partial charge in [0.25, 0.3) is 0 Å². The predicted octanol–water partition coefficient (Wildman–Crippen LogP) is 2.85. The largest absolute Gasteiger partial charge is 0.496 e. The molecule has 1 unspecified atom stereocenters. The van der Waals surface area contributed by atoms with E-state index in [4.69, 9.17) is 10.5 Å². The van der Waals surface area contributed by atoms with Crippen LogP contribution in [0.25, 0.3) is 0 Å². The Morgan fingerprint density at radius 1 is 1.31 bits per heavy atom. The Hall–Kier alpha value is -1.09. The fourth-order valence-electron chi connectivity index (χ4n) is 1.99. The minimum absolute atomic E-state index is 0.0176. The summed E-state index contributed by atoms with van der Waals surface area (Å²) in [5.41, 5.74) is 7.77. The quantitative estimate of drug-likeness (QED) is 0.855. The van der Waals surface area contributed by atoms with Gasteiger partial charge in [0.2, 0.25) is 0 Å². The van der Waals surface area contributed by atoms with Gasteiger partial charge in [-0.2, -0.15) is 0 Å². The van der Waals surface area contributed by atoms with Crippen molar-refractivity contribution in [3.05, 3.63) is 29.1 Å². The molecular weight excluding hydrogens is 205 g/mol. The molecule has 0 aliphatic heterocycles. The highest BCUT2D eigenvalue weighted by Gasteiger charge is 2.15. The lowest BCUT2D eigenvalue weighted by atomic mass is 9.92. The van der Waals surface area contributed by atoms with Crippen molar-refractivity contribution >= 4 is 0 Å². The molecule has 0 spiro atoms. The third kappa shape index (κ3) is 2.95. The molecule has 1 aromatic rings. The van der Waals surface area contributed by atoms with Crippen LogP contribution in [-0.4, -0.2) is 13.2 Å². The molecule has 0 aliphatic carbocycles. The van der Waals surface area contributed by atoms with Crippen molar-refractivity contribution in [2.75, 3.05) is 7.11 Å². The molecule has 1 rings (SSSR count). The molecular formula is C13H20FNO. The van der Waals surface area contributed by atoms with Gasteiger partial charge in [-0.3, -0.25) is 0 Å². The van der Waals surface area contributed by atoms with Gasteiger partial charge in [-0.05, 0) is 30.9 Å². The van der Waals surface area contributed by atoms with Crippen molar-refractivity contribution in [1.29, 1.82) is 0 Å². The smallest absolute Gasteiger partial charge is 0.127 e. The van der Waals surface area contributed by atoms with Crippen LogP contribution in [0.1, 0.15) is 37.8 Å². The van der Waals surface area contributed by atoms with E-state index in [-0.39, 0.29) is 11.9 Å². The number of hydrogen-bond acceptors (Lipinski definition) is 2. The maximum absolute atomic E-state index is 13.4. The lowest BCUT2D eigenvalue weighted by molar-refractivity contribution is 0.402. The van der Waals surface area contributed by atoms with Crippen LogP contribution in [0.3, 0.4) is 0 Å². The minimum Gasteiger partial charge on any atom is -0.496 e. The Labute approximate surface area is 96.6 Å². The summed E-state index contributed by atoms with van der Waals surface area (Å²) in [6.07, 6.45) is 0.668. The van der Waals surface area contributed by atoms with Crippen molar-refractivity contribution in [1.82, 2.24) is 0 Å². The first-order valence-corrected chi connectivity index (χ1v) is 5.57. The maximum atomic E-state index is 13.4. The zero-order valence-electron chi connectivity index (χ0n) is 10.4. The average Bonchev–Trinajstić information content (AvgIpc) is 2.14. The van der Waals surface area contributed by atoms with Gasteiger partial charge in [-0.25, -0.2) is 4.39 Å². The molecule has 0 radical (unpaired) electrons. The molecule has 1 aromatic carbocycles. The molecule has 0 saturated carbocycles. The second kappa shape index (κ2) is 5.30. The topological polar surface area (TPSA) is 35.2 Å². The summed E-state index contributed by atoms with van der Waals surface area (Å²) >= 11 is 0. The van der Waals surface area contributed by atoms with Gasteiger partial charge in [0.1, 0.15) is 11.6 Å². The Kier molecular flexibility index (Phi) is 4.30. The predicted molar refractivity (Wildman–Crippen MR) is 64.4 cm³/mol. The van der Waals surface area contributed by atoms with E-state index in [1.807, 2.05) is 6.92 Å². The number of halogens is 1. The second-order valence-electron chi connectivity index (χ2n) is 4.52. The van der Waals surface area contributed by atoms with Crippen LogP contribution < -0.4 is 10.5 Å². The van der Waals surface area contributed by atoms with Crippen LogP contribution in [0.5, 0.6) is 5.75 Å². The second-order valence-corrected chi connectivity index (χ2v) is 4.52. The lowest BCUT2D eigenvalue weighted by Crippen LogP contribution is -2.19. The van der Waals surface area contributed by atoms with Gasteiger partial charge in [0.15, 0.2) is 0 Å². The van der Waals surface area contributed by atoms with Crippen molar-refractivity contribution in [2.45, 2.75) is 39.2 Å². The van der Waals surface area contributed by atoms with Crippen LogP contribution in [0, 0.1) is 5.82 Å². The van der Waals surface area contributed by atoms with Gasteiger partial charge in [0, 0.05) is 17.7 Å². The first-order chi connectivity index (χ1) is 7.45. The summed E-state index contributed by atoms with van der Waals surface area (Å²) in [6, 6.07) is 3.00. The highest BCUT2D eigenvalue weighted by molar-refractivity contribution is 5.43. The number of methoxy groups -OCH3 is 1. The Morgan fingerprint density at radius 2 is 1.94 bits per heavy atom. The Bertz CT molecular complexity index is 361. The molecule has 2 N–H and O–H groups in total. The lowest BCUT2D eigenvalue weighted by Gasteiger charge is -2.18. The number of benzene rings is 1. The molecule has 0 aliphatic rings. The molecule has 0 fully saturated rings. The van der Waals surface area contributed by atoms with E-state index in [1.165, 1.54) is 6.07 Å². The zero-order chi connectivity index (χ0) is 12.3. The highest BCUT2D eigenvalue weighted by Crippen LogP contribution is 2.31. The Balaban J connectivity index is 3.26. The van der Waals surface area contributed by atoms with Gasteiger partial charge >= 0.3 is 0 Å². The van der Waals surface area contributed by atoms with Crippen LogP contribution in [0.15, 0.2) is 12.1 Å². The van der Waals surface area contributed by atoms with Crippen LogP contribution in [0.2, 0.25) is 0 Å². The summed E-state index contributed by atoms with van der Waals surface area (Å²) in [4.78, 5) is 0. The molecule has 0 heterocycles. The van der Waals surface area contributed by atoms with E-state index >= 15 is 0 Å². The molecule has 16 heavy (non-hydrogen) atoms. The van der Waals surface area contributed by atoms with Gasteiger partial charge in [-0.15, -0.1) is 0 Å².